The number of anilines is 1. The van der Waals surface area contributed by atoms with Gasteiger partial charge in [0.05, 0.1) is 24.4 Å². The van der Waals surface area contributed by atoms with Crippen LogP contribution in [0.2, 0.25) is 0 Å². The summed E-state index contributed by atoms with van der Waals surface area (Å²) < 4.78 is 5.45. The SMILES string of the molecule is C=CC1CN2CC[C@@H]1CC2[C@@H](Nc1cc(=O)c1=O)c1ccnc2ccc(OC)cc12. The molecule has 3 aliphatic rings. The zero-order valence-corrected chi connectivity index (χ0v) is 17.0. The lowest BCUT2D eigenvalue weighted by atomic mass is 9.73. The van der Waals surface area contributed by atoms with Crippen molar-refractivity contribution in [1.29, 1.82) is 0 Å². The summed E-state index contributed by atoms with van der Waals surface area (Å²) in [4.78, 5) is 30.6. The molecule has 3 aromatic rings. The van der Waals surface area contributed by atoms with E-state index in [0.29, 0.717) is 17.5 Å². The maximum Gasteiger partial charge on any atom is 0.248 e. The van der Waals surface area contributed by atoms with Crippen LogP contribution in [0, 0.1) is 11.8 Å². The number of methoxy groups -OCH3 is 1. The summed E-state index contributed by atoms with van der Waals surface area (Å²) in [5.74, 6) is 1.87. The highest BCUT2D eigenvalue weighted by atomic mass is 16.5. The molecule has 3 unspecified atom stereocenters. The molecule has 6 rings (SSSR count). The fourth-order valence-corrected chi connectivity index (χ4v) is 5.24. The molecule has 0 radical (unpaired) electrons. The normalized spacial score (nSPS) is 26.6. The highest BCUT2D eigenvalue weighted by Crippen LogP contribution is 2.43. The van der Waals surface area contributed by atoms with Crippen molar-refractivity contribution in [2.45, 2.75) is 24.9 Å². The van der Waals surface area contributed by atoms with Gasteiger partial charge >= 0.3 is 0 Å². The number of piperidine rings is 3. The molecule has 5 atom stereocenters. The molecule has 3 saturated heterocycles. The van der Waals surface area contributed by atoms with Gasteiger partial charge < -0.3 is 10.1 Å². The van der Waals surface area contributed by atoms with E-state index in [1.165, 1.54) is 12.5 Å². The van der Waals surface area contributed by atoms with Gasteiger partial charge in [0.1, 0.15) is 5.75 Å². The molecule has 3 fully saturated rings. The molecule has 1 aromatic heterocycles. The molecule has 4 heterocycles. The first-order chi connectivity index (χ1) is 14.6. The Labute approximate surface area is 174 Å². The molecule has 3 aliphatic heterocycles. The summed E-state index contributed by atoms with van der Waals surface area (Å²) in [5, 5.41) is 4.42. The van der Waals surface area contributed by atoms with E-state index in [4.69, 9.17) is 4.74 Å². The Bertz CT molecular complexity index is 1180. The molecule has 2 bridgehead atoms. The predicted molar refractivity (Wildman–Crippen MR) is 118 cm³/mol. The van der Waals surface area contributed by atoms with E-state index in [2.05, 4.69) is 27.9 Å². The number of nitrogens with one attached hydrogen (secondary N) is 1. The van der Waals surface area contributed by atoms with Crippen molar-refractivity contribution in [3.63, 3.8) is 0 Å². The molecule has 1 N–H and O–H groups in total. The third-order valence-electron chi connectivity index (χ3n) is 6.91. The molecule has 2 aromatic carbocycles. The zero-order chi connectivity index (χ0) is 20.8. The van der Waals surface area contributed by atoms with Crippen molar-refractivity contribution in [1.82, 2.24) is 9.88 Å². The third kappa shape index (κ3) is 3.03. The maximum atomic E-state index is 12.1. The molecule has 0 aliphatic carbocycles. The minimum atomic E-state index is -0.435. The van der Waals surface area contributed by atoms with Gasteiger partial charge in [-0.1, -0.05) is 6.08 Å². The number of hydrogen-bond acceptors (Lipinski definition) is 6. The van der Waals surface area contributed by atoms with Gasteiger partial charge in [0.2, 0.25) is 10.9 Å². The first kappa shape index (κ1) is 19.0. The van der Waals surface area contributed by atoms with Crippen molar-refractivity contribution >= 4 is 16.6 Å². The van der Waals surface area contributed by atoms with Gasteiger partial charge in [0.25, 0.3) is 0 Å². The van der Waals surface area contributed by atoms with E-state index in [1.54, 1.807) is 7.11 Å². The predicted octanol–water partition coefficient (Wildman–Crippen LogP) is 2.89. The van der Waals surface area contributed by atoms with Gasteiger partial charge in [-0.15, -0.1) is 6.58 Å². The van der Waals surface area contributed by atoms with E-state index in [0.717, 1.165) is 41.7 Å². The molecule has 30 heavy (non-hydrogen) atoms. The van der Waals surface area contributed by atoms with Gasteiger partial charge in [0.15, 0.2) is 0 Å². The smallest absolute Gasteiger partial charge is 0.248 e. The average molecular weight is 403 g/mol. The number of pyridine rings is 1. The number of aromatic nitrogens is 1. The van der Waals surface area contributed by atoms with E-state index in [1.807, 2.05) is 30.5 Å². The molecular formula is C24H25N3O3. The molecule has 6 heteroatoms. The van der Waals surface area contributed by atoms with Gasteiger partial charge in [-0.3, -0.25) is 19.5 Å². The number of ether oxygens (including phenoxy) is 1. The Morgan fingerprint density at radius 1 is 1.30 bits per heavy atom. The summed E-state index contributed by atoms with van der Waals surface area (Å²) in [6.07, 6.45) is 6.09. The minimum absolute atomic E-state index is 0.125. The van der Waals surface area contributed by atoms with Crippen LogP contribution < -0.4 is 20.9 Å². The number of rotatable bonds is 6. The topological polar surface area (TPSA) is 71.5 Å². The quantitative estimate of drug-likeness (QED) is 0.504. The minimum Gasteiger partial charge on any atom is -0.497 e. The number of hydrogen-bond donors (Lipinski definition) is 1. The van der Waals surface area contributed by atoms with Gasteiger partial charge in [-0.05, 0) is 61.1 Å². The second-order valence-corrected chi connectivity index (χ2v) is 8.40. The standard InChI is InChI=1S/C24H25N3O3/c1-3-14-13-27-9-7-15(14)10-21(27)23(26-20-12-22(28)24(20)29)17-6-8-25-19-5-4-16(30-2)11-18(17)19/h3-6,8,11-12,14-15,21,23,26H,1,7,9-10,13H2,2H3/t14?,15-,21?,23+/m1/s1. The Morgan fingerprint density at radius 2 is 2.17 bits per heavy atom. The fourth-order valence-electron chi connectivity index (χ4n) is 5.24. The summed E-state index contributed by atoms with van der Waals surface area (Å²) in [5.41, 5.74) is 1.48. The summed E-state index contributed by atoms with van der Waals surface area (Å²) in [7, 11) is 1.65. The number of nitrogens with zero attached hydrogens (tertiary/aromatic N) is 2. The Kier molecular flexibility index (Phi) is 4.66. The van der Waals surface area contributed by atoms with Crippen LogP contribution >= 0.6 is 0 Å². The fraction of sp³-hybridized carbons (Fsp3) is 0.375. The van der Waals surface area contributed by atoms with Crippen molar-refractivity contribution in [3.8, 4) is 5.75 Å². The molecule has 0 spiro atoms. The van der Waals surface area contributed by atoms with Crippen LogP contribution in [0.15, 0.2) is 58.8 Å². The van der Waals surface area contributed by atoms with E-state index in [9.17, 15) is 9.59 Å². The first-order valence-electron chi connectivity index (χ1n) is 10.4. The van der Waals surface area contributed by atoms with Crippen molar-refractivity contribution < 1.29 is 4.74 Å². The Morgan fingerprint density at radius 3 is 2.83 bits per heavy atom. The average Bonchev–Trinajstić information content (AvgIpc) is 2.81. The van der Waals surface area contributed by atoms with Gasteiger partial charge in [-0.25, -0.2) is 0 Å². The highest BCUT2D eigenvalue weighted by molar-refractivity contribution is 5.84. The number of fused-ring (bicyclic) bond motifs is 4. The molecular weight excluding hydrogens is 378 g/mol. The lowest BCUT2D eigenvalue weighted by Gasteiger charge is -2.52. The lowest BCUT2D eigenvalue weighted by Crippen LogP contribution is -2.56. The van der Waals surface area contributed by atoms with Crippen LogP contribution in [0.1, 0.15) is 24.4 Å². The van der Waals surface area contributed by atoms with Crippen molar-refractivity contribution in [2.24, 2.45) is 11.8 Å². The van der Waals surface area contributed by atoms with Crippen LogP contribution in [0.3, 0.4) is 0 Å². The molecule has 0 saturated carbocycles. The number of benzene rings is 1. The van der Waals surface area contributed by atoms with Gasteiger partial charge in [0, 0.05) is 30.2 Å². The molecule has 6 nitrogen and oxygen atoms in total. The van der Waals surface area contributed by atoms with Crippen LogP contribution in [0.5, 0.6) is 5.75 Å². The summed E-state index contributed by atoms with van der Waals surface area (Å²) >= 11 is 0. The van der Waals surface area contributed by atoms with Crippen molar-refractivity contribution in [2.75, 3.05) is 25.5 Å². The first-order valence-corrected chi connectivity index (χ1v) is 10.4. The monoisotopic (exact) mass is 403 g/mol. The van der Waals surface area contributed by atoms with Crippen molar-refractivity contribution in [3.05, 3.63) is 75.2 Å². The summed E-state index contributed by atoms with van der Waals surface area (Å²) in [6.45, 7) is 6.04. The molecule has 154 valence electrons. The maximum absolute atomic E-state index is 12.1. The summed E-state index contributed by atoms with van der Waals surface area (Å²) in [6, 6.07) is 9.37. The van der Waals surface area contributed by atoms with Crippen LogP contribution in [-0.4, -0.2) is 36.1 Å². The second-order valence-electron chi connectivity index (χ2n) is 8.40. The van der Waals surface area contributed by atoms with Crippen LogP contribution in [0.4, 0.5) is 5.69 Å². The lowest BCUT2D eigenvalue weighted by molar-refractivity contribution is 0.0105. The third-order valence-corrected chi connectivity index (χ3v) is 6.91. The highest BCUT2D eigenvalue weighted by Gasteiger charge is 2.43. The zero-order valence-electron chi connectivity index (χ0n) is 17.0. The molecule has 0 amide bonds. The van der Waals surface area contributed by atoms with E-state index < -0.39 is 10.9 Å². The van der Waals surface area contributed by atoms with Crippen LogP contribution in [-0.2, 0) is 0 Å². The van der Waals surface area contributed by atoms with E-state index >= 15 is 0 Å². The van der Waals surface area contributed by atoms with Crippen LogP contribution in [0.25, 0.3) is 10.9 Å². The second kappa shape index (κ2) is 7.36. The Balaban J connectivity index is 1.60. The van der Waals surface area contributed by atoms with Gasteiger partial charge in [-0.2, -0.15) is 0 Å². The van der Waals surface area contributed by atoms with E-state index in [-0.39, 0.29) is 12.1 Å². The largest absolute Gasteiger partial charge is 0.497 e. The Hall–Kier alpha value is -2.99.